The van der Waals surface area contributed by atoms with Gasteiger partial charge in [0.15, 0.2) is 0 Å². The molecule has 1 aliphatic heterocycles. The zero-order valence-electron chi connectivity index (χ0n) is 7.71. The summed E-state index contributed by atoms with van der Waals surface area (Å²) in [5.41, 5.74) is 0. The average molecular weight is 155 g/mol. The number of nitrogens with zero attached hydrogens (tertiary/aromatic N) is 2. The van der Waals surface area contributed by atoms with Crippen molar-refractivity contribution in [2.24, 2.45) is 0 Å². The van der Waals surface area contributed by atoms with Gasteiger partial charge in [0.2, 0.25) is 0 Å². The molecule has 1 radical (unpaired) electrons. The summed E-state index contributed by atoms with van der Waals surface area (Å²) in [4.78, 5) is 2.55. The maximum atomic E-state index is 4.40. The normalized spacial score (nSPS) is 24.5. The van der Waals surface area contributed by atoms with E-state index >= 15 is 0 Å². The summed E-state index contributed by atoms with van der Waals surface area (Å²) in [6, 6.07) is 0.753. The molecule has 1 fully saturated rings. The maximum Gasteiger partial charge on any atom is 0.0261 e. The lowest BCUT2D eigenvalue weighted by atomic mass is 10.2. The predicted octanol–water partition coefficient (Wildman–Crippen LogP) is 1.09. The van der Waals surface area contributed by atoms with Gasteiger partial charge >= 0.3 is 0 Å². The Morgan fingerprint density at radius 1 is 1.36 bits per heavy atom. The van der Waals surface area contributed by atoms with Gasteiger partial charge in [-0.2, -0.15) is 0 Å². The van der Waals surface area contributed by atoms with Crippen LogP contribution in [0.2, 0.25) is 0 Å². The molecule has 0 saturated carbocycles. The first-order valence-electron chi connectivity index (χ1n) is 4.72. The van der Waals surface area contributed by atoms with Crippen molar-refractivity contribution >= 4 is 0 Å². The van der Waals surface area contributed by atoms with Crippen LogP contribution in [-0.4, -0.2) is 37.1 Å². The topological polar surface area (TPSA) is 17.3 Å². The second-order valence-corrected chi connectivity index (χ2v) is 3.32. The summed E-state index contributed by atoms with van der Waals surface area (Å²) in [5, 5.41) is 4.40. The molecule has 1 aliphatic rings. The zero-order chi connectivity index (χ0) is 8.10. The average Bonchev–Trinajstić information content (AvgIpc) is 2.30. The standard InChI is InChI=1S/C9H19N2/c1-3-9(2)11-7-4-5-10-6-8-11/h9H,3-8H2,1-2H3. The molecule has 1 atom stereocenters. The van der Waals surface area contributed by atoms with Crippen LogP contribution in [0.15, 0.2) is 0 Å². The van der Waals surface area contributed by atoms with Crippen LogP contribution in [0.25, 0.3) is 0 Å². The summed E-state index contributed by atoms with van der Waals surface area (Å²) in [7, 11) is 0. The zero-order valence-corrected chi connectivity index (χ0v) is 7.71. The van der Waals surface area contributed by atoms with Gasteiger partial charge < -0.3 is 0 Å². The van der Waals surface area contributed by atoms with E-state index in [1.165, 1.54) is 25.9 Å². The number of rotatable bonds is 2. The van der Waals surface area contributed by atoms with Crippen molar-refractivity contribution in [1.82, 2.24) is 10.2 Å². The van der Waals surface area contributed by atoms with Crippen molar-refractivity contribution in [3.63, 3.8) is 0 Å². The molecular weight excluding hydrogens is 136 g/mol. The SMILES string of the molecule is CCC(C)N1CCC[N]CC1. The van der Waals surface area contributed by atoms with Crippen LogP contribution in [0.3, 0.4) is 0 Å². The van der Waals surface area contributed by atoms with E-state index in [9.17, 15) is 0 Å². The Balaban J connectivity index is 2.30. The molecule has 1 heterocycles. The molecule has 2 heteroatoms. The molecule has 0 aromatic carbocycles. The minimum atomic E-state index is 0.753. The Kier molecular flexibility index (Phi) is 3.87. The Hall–Kier alpha value is -0.0800. The van der Waals surface area contributed by atoms with E-state index in [-0.39, 0.29) is 0 Å². The second kappa shape index (κ2) is 4.73. The highest BCUT2D eigenvalue weighted by atomic mass is 15.2. The monoisotopic (exact) mass is 155 g/mol. The van der Waals surface area contributed by atoms with Crippen LogP contribution in [0.5, 0.6) is 0 Å². The Labute approximate surface area is 70.0 Å². The van der Waals surface area contributed by atoms with E-state index < -0.39 is 0 Å². The fourth-order valence-corrected chi connectivity index (χ4v) is 1.51. The molecule has 2 nitrogen and oxygen atoms in total. The molecule has 0 N–H and O–H groups in total. The van der Waals surface area contributed by atoms with Crippen molar-refractivity contribution in [1.29, 1.82) is 0 Å². The highest BCUT2D eigenvalue weighted by molar-refractivity contribution is 4.70. The molecule has 0 amide bonds. The van der Waals surface area contributed by atoms with Crippen LogP contribution in [0.1, 0.15) is 26.7 Å². The van der Waals surface area contributed by atoms with E-state index in [0.717, 1.165) is 19.1 Å². The molecule has 1 rings (SSSR count). The highest BCUT2D eigenvalue weighted by Gasteiger charge is 2.13. The third-order valence-electron chi connectivity index (χ3n) is 2.52. The van der Waals surface area contributed by atoms with Gasteiger partial charge in [0.05, 0.1) is 0 Å². The Morgan fingerprint density at radius 2 is 2.18 bits per heavy atom. The predicted molar refractivity (Wildman–Crippen MR) is 47.8 cm³/mol. The molecule has 1 saturated heterocycles. The quantitative estimate of drug-likeness (QED) is 0.583. The summed E-state index contributed by atoms with van der Waals surface area (Å²) < 4.78 is 0. The summed E-state index contributed by atoms with van der Waals surface area (Å²) >= 11 is 0. The Bertz CT molecular complexity index is 95.7. The largest absolute Gasteiger partial charge is 0.299 e. The summed E-state index contributed by atoms with van der Waals surface area (Å²) in [6.45, 7) is 9.11. The lowest BCUT2D eigenvalue weighted by Gasteiger charge is -2.25. The van der Waals surface area contributed by atoms with Crippen molar-refractivity contribution in [3.8, 4) is 0 Å². The van der Waals surface area contributed by atoms with Crippen LogP contribution < -0.4 is 5.32 Å². The van der Waals surface area contributed by atoms with Crippen LogP contribution in [-0.2, 0) is 0 Å². The highest BCUT2D eigenvalue weighted by Crippen LogP contribution is 2.05. The van der Waals surface area contributed by atoms with Gasteiger partial charge in [-0.3, -0.25) is 4.90 Å². The third-order valence-corrected chi connectivity index (χ3v) is 2.52. The molecule has 0 bridgehead atoms. The molecule has 0 spiro atoms. The van der Waals surface area contributed by atoms with Gasteiger partial charge in [0.25, 0.3) is 0 Å². The summed E-state index contributed by atoms with van der Waals surface area (Å²) in [5.74, 6) is 0. The lowest BCUT2D eigenvalue weighted by molar-refractivity contribution is 0.218. The lowest BCUT2D eigenvalue weighted by Crippen LogP contribution is -2.34. The molecule has 0 aliphatic carbocycles. The van der Waals surface area contributed by atoms with Crippen molar-refractivity contribution in [3.05, 3.63) is 0 Å². The minimum absolute atomic E-state index is 0.753. The number of hydrogen-bond acceptors (Lipinski definition) is 1. The Morgan fingerprint density at radius 3 is 2.91 bits per heavy atom. The van der Waals surface area contributed by atoms with Gasteiger partial charge in [0, 0.05) is 25.7 Å². The first-order chi connectivity index (χ1) is 5.34. The van der Waals surface area contributed by atoms with Crippen molar-refractivity contribution in [2.45, 2.75) is 32.7 Å². The van der Waals surface area contributed by atoms with Gasteiger partial charge in [-0.05, 0) is 26.3 Å². The van der Waals surface area contributed by atoms with Crippen LogP contribution in [0.4, 0.5) is 0 Å². The van der Waals surface area contributed by atoms with Crippen molar-refractivity contribution in [2.75, 3.05) is 26.2 Å². The van der Waals surface area contributed by atoms with Gasteiger partial charge in [-0.25, -0.2) is 5.32 Å². The molecule has 0 aromatic rings. The smallest absolute Gasteiger partial charge is 0.0261 e. The first kappa shape index (κ1) is 9.01. The van der Waals surface area contributed by atoms with E-state index in [1.807, 2.05) is 0 Å². The fraction of sp³-hybridized carbons (Fsp3) is 1.00. The minimum Gasteiger partial charge on any atom is -0.299 e. The van der Waals surface area contributed by atoms with E-state index in [0.29, 0.717) is 0 Å². The molecule has 1 unspecified atom stereocenters. The first-order valence-corrected chi connectivity index (χ1v) is 4.72. The van der Waals surface area contributed by atoms with E-state index in [1.54, 1.807) is 0 Å². The maximum absolute atomic E-state index is 4.40. The molecule has 11 heavy (non-hydrogen) atoms. The molecule has 0 aromatic heterocycles. The van der Waals surface area contributed by atoms with Gasteiger partial charge in [-0.1, -0.05) is 6.92 Å². The fourth-order valence-electron chi connectivity index (χ4n) is 1.51. The van der Waals surface area contributed by atoms with Crippen LogP contribution >= 0.6 is 0 Å². The van der Waals surface area contributed by atoms with Gasteiger partial charge in [-0.15, -0.1) is 0 Å². The second-order valence-electron chi connectivity index (χ2n) is 3.32. The number of hydrogen-bond donors (Lipinski definition) is 0. The van der Waals surface area contributed by atoms with Crippen LogP contribution in [0, 0.1) is 0 Å². The van der Waals surface area contributed by atoms with E-state index in [4.69, 9.17) is 0 Å². The molecular formula is C9H19N2. The molecule has 65 valence electrons. The summed E-state index contributed by atoms with van der Waals surface area (Å²) in [6.07, 6.45) is 2.52. The third kappa shape index (κ3) is 2.80. The van der Waals surface area contributed by atoms with E-state index in [2.05, 4.69) is 24.1 Å². The van der Waals surface area contributed by atoms with Gasteiger partial charge in [0.1, 0.15) is 0 Å². The van der Waals surface area contributed by atoms with Crippen molar-refractivity contribution < 1.29 is 0 Å².